The molecule has 1 saturated carbocycles. The van der Waals surface area contributed by atoms with Crippen LogP contribution in [0.25, 0.3) is 21.9 Å². The molecule has 1 unspecified atom stereocenters. The van der Waals surface area contributed by atoms with Crippen molar-refractivity contribution >= 4 is 51.8 Å². The van der Waals surface area contributed by atoms with E-state index in [1.54, 1.807) is 17.0 Å². The maximum Gasteiger partial charge on any atom is 0.413 e. The van der Waals surface area contributed by atoms with Crippen LogP contribution in [0, 0.1) is 17.2 Å². The van der Waals surface area contributed by atoms with Crippen molar-refractivity contribution in [3.05, 3.63) is 65.7 Å². The molecule has 59 heavy (non-hydrogen) atoms. The van der Waals surface area contributed by atoms with Crippen molar-refractivity contribution in [2.45, 2.75) is 57.2 Å². The number of anilines is 3. The van der Waals surface area contributed by atoms with Crippen LogP contribution in [0.15, 0.2) is 48.8 Å². The highest BCUT2D eigenvalue weighted by Crippen LogP contribution is 2.51. The van der Waals surface area contributed by atoms with Crippen molar-refractivity contribution in [1.29, 1.82) is 0 Å². The molecule has 2 aromatic carbocycles. The minimum atomic E-state index is -0.622. The number of benzene rings is 2. The minimum absolute atomic E-state index is 0.147. The Morgan fingerprint density at radius 1 is 1.03 bits per heavy atom. The van der Waals surface area contributed by atoms with E-state index in [0.717, 1.165) is 69.7 Å². The van der Waals surface area contributed by atoms with E-state index in [0.29, 0.717) is 82.6 Å². The molecule has 16 heteroatoms. The van der Waals surface area contributed by atoms with Gasteiger partial charge in [0.15, 0.2) is 5.75 Å². The molecule has 6 aliphatic rings. The summed E-state index contributed by atoms with van der Waals surface area (Å²) in [6.45, 7) is 6.28. The van der Waals surface area contributed by atoms with E-state index >= 15 is 4.39 Å². The zero-order valence-corrected chi connectivity index (χ0v) is 32.7. The van der Waals surface area contributed by atoms with Gasteiger partial charge >= 0.3 is 6.09 Å². The molecule has 4 aromatic rings. The number of pyridine rings is 2. The zero-order valence-electron chi connectivity index (χ0n) is 32.7. The molecule has 4 fully saturated rings. The summed E-state index contributed by atoms with van der Waals surface area (Å²) < 4.78 is 32.5. The highest BCUT2D eigenvalue weighted by molar-refractivity contribution is 6.06. The number of hydrogen-bond acceptors (Lipinski definition) is 12. The van der Waals surface area contributed by atoms with Gasteiger partial charge < -0.3 is 34.2 Å². The Labute approximate surface area is 339 Å². The summed E-state index contributed by atoms with van der Waals surface area (Å²) in [5.41, 5.74) is 4.20. The molecule has 5 aliphatic heterocycles. The third kappa shape index (κ3) is 6.82. The smallest absolute Gasteiger partial charge is 0.413 e. The molecule has 0 bridgehead atoms. The largest absolute Gasteiger partial charge is 0.494 e. The number of amides is 4. The van der Waals surface area contributed by atoms with Gasteiger partial charge in [-0.3, -0.25) is 25.0 Å². The predicted octanol–water partition coefficient (Wildman–Crippen LogP) is 4.94. The summed E-state index contributed by atoms with van der Waals surface area (Å²) in [5, 5.41) is 9.63. The van der Waals surface area contributed by atoms with E-state index in [-0.39, 0.29) is 29.8 Å². The van der Waals surface area contributed by atoms with Crippen LogP contribution < -0.4 is 30.3 Å². The molecule has 1 aliphatic carbocycles. The lowest BCUT2D eigenvalue weighted by atomic mass is 9.61. The number of carbonyl (C=O) groups is 4. The number of ether oxygens (including phenoxy) is 3. The van der Waals surface area contributed by atoms with Crippen LogP contribution in [0.1, 0.15) is 54.4 Å². The molecular weight excluding hydrogens is 760 g/mol. The molecule has 7 heterocycles. The third-order valence-corrected chi connectivity index (χ3v) is 13.1. The Morgan fingerprint density at radius 2 is 1.86 bits per heavy atom. The number of carbonyl (C=O) groups excluding carboxylic acids is 4. The summed E-state index contributed by atoms with van der Waals surface area (Å²) >= 11 is 0. The molecule has 1 atom stereocenters. The number of hydrogen-bond donors (Lipinski definition) is 3. The topological polar surface area (TPSA) is 168 Å². The van der Waals surface area contributed by atoms with Crippen molar-refractivity contribution in [3.63, 3.8) is 0 Å². The fourth-order valence-electron chi connectivity index (χ4n) is 9.92. The van der Waals surface area contributed by atoms with E-state index in [2.05, 4.69) is 41.8 Å². The molecule has 0 radical (unpaired) electrons. The van der Waals surface area contributed by atoms with Crippen LogP contribution in [0.2, 0.25) is 0 Å². The summed E-state index contributed by atoms with van der Waals surface area (Å²) in [7, 11) is 1.52. The van der Waals surface area contributed by atoms with Crippen molar-refractivity contribution < 1.29 is 37.8 Å². The van der Waals surface area contributed by atoms with E-state index in [9.17, 15) is 19.2 Å². The second-order valence-electron chi connectivity index (χ2n) is 16.7. The summed E-state index contributed by atoms with van der Waals surface area (Å²) in [5.74, 6) is 0.390. The first-order valence-electron chi connectivity index (χ1n) is 20.4. The Hall–Kier alpha value is -6.03. The normalized spacial score (nSPS) is 21.5. The Bertz CT molecular complexity index is 2390. The van der Waals surface area contributed by atoms with Crippen LogP contribution >= 0.6 is 0 Å². The number of imide groups is 1. The third-order valence-electron chi connectivity index (χ3n) is 13.1. The second-order valence-corrected chi connectivity index (χ2v) is 16.7. The second kappa shape index (κ2) is 14.7. The SMILES string of the molecule is COc1c(-c2cc3cc(NC(=O)OC4CC5(CCN(CC6CN(c7cccc8c7CN(C7CCC(=O)NC7=O)C8=O)C6)CC5)C4)ncc3cc2F)cnc2c1NCCO2. The van der Waals surface area contributed by atoms with E-state index in [1.165, 1.54) is 25.6 Å². The van der Waals surface area contributed by atoms with Crippen LogP contribution in [0.3, 0.4) is 0 Å². The molecular formula is C43H45FN8O7. The fourth-order valence-corrected chi connectivity index (χ4v) is 9.92. The Kier molecular flexibility index (Phi) is 9.26. The number of likely N-dealkylation sites (tertiary alicyclic amines) is 1. The number of nitrogens with zero attached hydrogens (tertiary/aromatic N) is 5. The average Bonchev–Trinajstić information content (AvgIpc) is 3.54. The number of aromatic nitrogens is 2. The van der Waals surface area contributed by atoms with Crippen LogP contribution in [-0.2, 0) is 20.9 Å². The summed E-state index contributed by atoms with van der Waals surface area (Å²) in [6.07, 6.45) is 6.73. The molecule has 1 spiro atoms. The Morgan fingerprint density at radius 3 is 2.66 bits per heavy atom. The number of fused-ring (bicyclic) bond motifs is 3. The number of rotatable bonds is 8. The maximum atomic E-state index is 15.4. The first kappa shape index (κ1) is 37.3. The number of nitrogens with one attached hydrogen (secondary N) is 3. The van der Waals surface area contributed by atoms with Gasteiger partial charge in [0.1, 0.15) is 36.1 Å². The van der Waals surface area contributed by atoms with Crippen molar-refractivity contribution in [1.82, 2.24) is 25.1 Å². The van der Waals surface area contributed by atoms with Gasteiger partial charge in [-0.15, -0.1) is 0 Å². The minimum Gasteiger partial charge on any atom is -0.494 e. The molecule has 306 valence electrons. The lowest BCUT2D eigenvalue weighted by Gasteiger charge is -2.52. The zero-order chi connectivity index (χ0) is 40.4. The highest BCUT2D eigenvalue weighted by atomic mass is 19.1. The number of methoxy groups -OCH3 is 1. The lowest BCUT2D eigenvalue weighted by Crippen LogP contribution is -2.55. The van der Waals surface area contributed by atoms with Crippen LogP contribution in [0.5, 0.6) is 11.6 Å². The van der Waals surface area contributed by atoms with Gasteiger partial charge in [0.2, 0.25) is 17.7 Å². The van der Waals surface area contributed by atoms with Crippen LogP contribution in [-0.4, -0.2) is 109 Å². The first-order valence-corrected chi connectivity index (χ1v) is 20.4. The van der Waals surface area contributed by atoms with Crippen LogP contribution in [0.4, 0.5) is 26.4 Å². The number of halogens is 1. The molecule has 15 nitrogen and oxygen atoms in total. The summed E-state index contributed by atoms with van der Waals surface area (Å²) in [6, 6.07) is 9.99. The molecule has 4 amide bonds. The van der Waals surface area contributed by atoms with Gasteiger partial charge in [0.25, 0.3) is 5.91 Å². The number of piperidine rings is 2. The standard InChI is InChI=1S/C43H45FN8O7/c1-57-38-30(19-47-40-37(38)45-9-12-58-40)29-13-25-15-35(46-18-26(25)14-32(29)44)48-42(56)59-27-16-43(17-27)7-10-50(11-8-43)20-24-21-51(22-24)33-4-2-3-28-31(33)23-52(41(28)55)34-5-6-36(53)49-39(34)54/h2-4,13-15,18-19,24,27,34,45H,5-12,16-17,20-23H2,1H3,(H,46,48,56)(H,49,53,54). The highest BCUT2D eigenvalue weighted by Gasteiger charge is 2.48. The van der Waals surface area contributed by atoms with E-state index < -0.39 is 23.9 Å². The fraction of sp³-hybridized carbons (Fsp3) is 0.442. The van der Waals surface area contributed by atoms with Crippen molar-refractivity contribution in [3.8, 4) is 22.8 Å². The lowest BCUT2D eigenvalue weighted by molar-refractivity contribution is -0.136. The molecule has 2 aromatic heterocycles. The van der Waals surface area contributed by atoms with Gasteiger partial charge in [-0.25, -0.2) is 19.2 Å². The predicted molar refractivity (Wildman–Crippen MR) is 215 cm³/mol. The molecule has 3 N–H and O–H groups in total. The van der Waals surface area contributed by atoms with Gasteiger partial charge in [-0.1, -0.05) is 6.07 Å². The average molecular weight is 805 g/mol. The van der Waals surface area contributed by atoms with Crippen molar-refractivity contribution in [2.24, 2.45) is 11.3 Å². The molecule has 10 rings (SSSR count). The quantitative estimate of drug-likeness (QED) is 0.206. The Balaban J connectivity index is 0.694. The monoisotopic (exact) mass is 804 g/mol. The van der Waals surface area contributed by atoms with Gasteiger partial charge in [-0.05, 0) is 86.3 Å². The van der Waals surface area contributed by atoms with E-state index in [4.69, 9.17) is 14.2 Å². The van der Waals surface area contributed by atoms with Gasteiger partial charge in [0, 0.05) is 90.8 Å². The van der Waals surface area contributed by atoms with E-state index in [1.807, 2.05) is 12.1 Å². The molecule has 3 saturated heterocycles. The summed E-state index contributed by atoms with van der Waals surface area (Å²) in [4.78, 5) is 65.7. The maximum absolute atomic E-state index is 15.4. The van der Waals surface area contributed by atoms with Gasteiger partial charge in [0.05, 0.1) is 7.11 Å². The van der Waals surface area contributed by atoms with Crippen molar-refractivity contribution in [2.75, 3.05) is 68.5 Å². The van der Waals surface area contributed by atoms with Gasteiger partial charge in [-0.2, -0.15) is 0 Å². The first-order chi connectivity index (χ1) is 28.6.